The first kappa shape index (κ1) is 19.1. The van der Waals surface area contributed by atoms with Crippen LogP contribution in [0.15, 0.2) is 39.8 Å². The monoisotopic (exact) mass is 409 g/mol. The molecule has 5 rings (SSSR count). The van der Waals surface area contributed by atoms with E-state index >= 15 is 0 Å². The molecule has 8 heteroatoms. The number of nitrogens with zero attached hydrogens (tertiary/aromatic N) is 5. The highest BCUT2D eigenvalue weighted by Gasteiger charge is 2.29. The lowest BCUT2D eigenvalue weighted by atomic mass is 10.1. The Morgan fingerprint density at radius 1 is 1.20 bits per heavy atom. The van der Waals surface area contributed by atoms with Gasteiger partial charge >= 0.3 is 5.76 Å². The average molecular weight is 409 g/mol. The zero-order valence-corrected chi connectivity index (χ0v) is 17.1. The minimum absolute atomic E-state index is 0.106. The Hall–Kier alpha value is -2.90. The second-order valence-corrected chi connectivity index (χ2v) is 8.50. The number of likely N-dealkylation sites (tertiary alicyclic amines) is 1. The molecule has 158 valence electrons. The standard InChI is InChI=1S/C22H27N5O3/c28-21(11-13-27-18-5-1-2-6-19(18)30-22(27)29)26-12-3-4-17(26)9-10-20-24-23-15-25(20)14-16-7-8-16/h1-2,5-6,15-17H,3-4,7-14H2. The van der Waals surface area contributed by atoms with E-state index in [2.05, 4.69) is 14.8 Å². The molecule has 1 aromatic carbocycles. The summed E-state index contributed by atoms with van der Waals surface area (Å²) in [6.45, 7) is 2.15. The van der Waals surface area contributed by atoms with Gasteiger partial charge in [-0.05, 0) is 50.2 Å². The summed E-state index contributed by atoms with van der Waals surface area (Å²) in [6.07, 6.45) is 8.54. The lowest BCUT2D eigenvalue weighted by molar-refractivity contribution is -0.132. The topological polar surface area (TPSA) is 86.2 Å². The van der Waals surface area contributed by atoms with Crippen molar-refractivity contribution in [2.45, 2.75) is 64.1 Å². The number of benzene rings is 1. The SMILES string of the molecule is O=C(CCn1c(=O)oc2ccccc21)N1CCCC1CCc1nncn1CC1CC1. The highest BCUT2D eigenvalue weighted by atomic mass is 16.4. The number of aryl methyl sites for hydroxylation is 2. The Morgan fingerprint density at radius 3 is 2.93 bits per heavy atom. The molecular weight excluding hydrogens is 382 g/mol. The number of carbonyl (C=O) groups is 1. The fourth-order valence-electron chi connectivity index (χ4n) is 4.54. The molecule has 0 radical (unpaired) electrons. The molecule has 3 heterocycles. The van der Waals surface area contributed by atoms with Gasteiger partial charge in [0.05, 0.1) is 5.52 Å². The molecule has 0 bridgehead atoms. The van der Waals surface area contributed by atoms with Crippen LogP contribution in [0.5, 0.6) is 0 Å². The maximum Gasteiger partial charge on any atom is 0.419 e. The van der Waals surface area contributed by atoms with Gasteiger partial charge in [-0.25, -0.2) is 4.79 Å². The van der Waals surface area contributed by atoms with Gasteiger partial charge in [0.15, 0.2) is 5.58 Å². The summed E-state index contributed by atoms with van der Waals surface area (Å²) in [6, 6.07) is 7.56. The number of oxazole rings is 1. The Kier molecular flexibility index (Phi) is 5.14. The normalized spacial score (nSPS) is 19.1. The zero-order chi connectivity index (χ0) is 20.5. The maximum atomic E-state index is 12.9. The number of para-hydroxylation sites is 2. The predicted octanol–water partition coefficient (Wildman–Crippen LogP) is 2.61. The third-order valence-corrected chi connectivity index (χ3v) is 6.37. The molecule has 1 aliphatic carbocycles. The number of hydrogen-bond acceptors (Lipinski definition) is 5. The van der Waals surface area contributed by atoms with Crippen molar-refractivity contribution in [1.82, 2.24) is 24.2 Å². The molecule has 0 spiro atoms. The first-order valence-electron chi connectivity index (χ1n) is 10.9. The van der Waals surface area contributed by atoms with Crippen LogP contribution in [0.2, 0.25) is 0 Å². The molecule has 1 aliphatic heterocycles. The Bertz CT molecular complexity index is 1090. The van der Waals surface area contributed by atoms with Crippen LogP contribution in [0.4, 0.5) is 0 Å². The van der Waals surface area contributed by atoms with Crippen LogP contribution in [0.3, 0.4) is 0 Å². The highest BCUT2D eigenvalue weighted by molar-refractivity contribution is 5.77. The molecule has 2 fully saturated rings. The zero-order valence-electron chi connectivity index (χ0n) is 17.1. The highest BCUT2D eigenvalue weighted by Crippen LogP contribution is 2.31. The van der Waals surface area contributed by atoms with E-state index in [-0.39, 0.29) is 11.9 Å². The fourth-order valence-corrected chi connectivity index (χ4v) is 4.54. The van der Waals surface area contributed by atoms with Gasteiger partial charge in [-0.1, -0.05) is 12.1 Å². The minimum Gasteiger partial charge on any atom is -0.408 e. The summed E-state index contributed by atoms with van der Waals surface area (Å²) in [4.78, 5) is 27.1. The number of rotatable bonds is 8. The van der Waals surface area contributed by atoms with Crippen molar-refractivity contribution in [1.29, 1.82) is 0 Å². The van der Waals surface area contributed by atoms with Crippen LogP contribution in [-0.4, -0.2) is 42.7 Å². The van der Waals surface area contributed by atoms with Crippen LogP contribution in [0.1, 0.15) is 44.3 Å². The smallest absolute Gasteiger partial charge is 0.408 e. The van der Waals surface area contributed by atoms with E-state index < -0.39 is 5.76 Å². The van der Waals surface area contributed by atoms with Gasteiger partial charge in [-0.15, -0.1) is 10.2 Å². The summed E-state index contributed by atoms with van der Waals surface area (Å²) < 4.78 is 9.00. The Labute approximate surface area is 174 Å². The van der Waals surface area contributed by atoms with Crippen LogP contribution >= 0.6 is 0 Å². The van der Waals surface area contributed by atoms with Crippen molar-refractivity contribution < 1.29 is 9.21 Å². The third-order valence-electron chi connectivity index (χ3n) is 6.37. The number of amides is 1. The molecular formula is C22H27N5O3. The van der Waals surface area contributed by atoms with Crippen LogP contribution < -0.4 is 5.76 Å². The predicted molar refractivity (Wildman–Crippen MR) is 111 cm³/mol. The lowest BCUT2D eigenvalue weighted by Gasteiger charge is -2.25. The summed E-state index contributed by atoms with van der Waals surface area (Å²) >= 11 is 0. The van der Waals surface area contributed by atoms with Crippen LogP contribution in [0, 0.1) is 5.92 Å². The summed E-state index contributed by atoms with van der Waals surface area (Å²) in [5, 5.41) is 8.38. The summed E-state index contributed by atoms with van der Waals surface area (Å²) in [7, 11) is 0. The molecule has 3 aromatic rings. The molecule has 2 aliphatic rings. The van der Waals surface area contributed by atoms with E-state index in [0.717, 1.165) is 56.0 Å². The first-order chi connectivity index (χ1) is 14.7. The van der Waals surface area contributed by atoms with E-state index in [9.17, 15) is 9.59 Å². The Balaban J connectivity index is 1.19. The molecule has 2 aromatic heterocycles. The number of hydrogen-bond donors (Lipinski definition) is 0. The van der Waals surface area contributed by atoms with E-state index in [1.165, 1.54) is 12.8 Å². The largest absolute Gasteiger partial charge is 0.419 e. The molecule has 1 amide bonds. The summed E-state index contributed by atoms with van der Waals surface area (Å²) in [5.41, 5.74) is 1.30. The van der Waals surface area contributed by atoms with E-state index in [4.69, 9.17) is 4.42 Å². The molecule has 1 saturated heterocycles. The van der Waals surface area contributed by atoms with Crippen molar-refractivity contribution in [2.24, 2.45) is 5.92 Å². The van der Waals surface area contributed by atoms with E-state index in [1.807, 2.05) is 29.4 Å². The van der Waals surface area contributed by atoms with Crippen molar-refractivity contribution in [3.8, 4) is 0 Å². The van der Waals surface area contributed by atoms with Gasteiger partial charge < -0.3 is 13.9 Å². The minimum atomic E-state index is -0.406. The van der Waals surface area contributed by atoms with Gasteiger partial charge in [0.1, 0.15) is 12.2 Å². The molecule has 8 nitrogen and oxygen atoms in total. The number of carbonyl (C=O) groups excluding carboxylic acids is 1. The van der Waals surface area contributed by atoms with Crippen LogP contribution in [0.25, 0.3) is 11.1 Å². The fraction of sp³-hybridized carbons (Fsp3) is 0.545. The molecule has 0 N–H and O–H groups in total. The van der Waals surface area contributed by atoms with Gasteiger partial charge in [0.2, 0.25) is 5.91 Å². The molecule has 1 saturated carbocycles. The van der Waals surface area contributed by atoms with Gasteiger partial charge in [-0.3, -0.25) is 9.36 Å². The molecule has 1 atom stereocenters. The molecule has 30 heavy (non-hydrogen) atoms. The number of fused-ring (bicyclic) bond motifs is 1. The maximum absolute atomic E-state index is 12.9. The van der Waals surface area contributed by atoms with Crippen molar-refractivity contribution in [2.75, 3.05) is 6.54 Å². The van der Waals surface area contributed by atoms with Gasteiger partial charge in [0.25, 0.3) is 0 Å². The summed E-state index contributed by atoms with van der Waals surface area (Å²) in [5.74, 6) is 1.51. The van der Waals surface area contributed by atoms with Crippen molar-refractivity contribution >= 4 is 17.0 Å². The van der Waals surface area contributed by atoms with Crippen molar-refractivity contribution in [3.05, 3.63) is 47.0 Å². The molecule has 1 unspecified atom stereocenters. The first-order valence-corrected chi connectivity index (χ1v) is 10.9. The van der Waals surface area contributed by atoms with Crippen LogP contribution in [-0.2, 0) is 24.3 Å². The second-order valence-electron chi connectivity index (χ2n) is 8.50. The van der Waals surface area contributed by atoms with E-state index in [0.29, 0.717) is 18.5 Å². The number of aromatic nitrogens is 4. The average Bonchev–Trinajstić information content (AvgIpc) is 3.12. The Morgan fingerprint density at radius 2 is 2.07 bits per heavy atom. The van der Waals surface area contributed by atoms with Gasteiger partial charge in [-0.2, -0.15) is 0 Å². The quantitative estimate of drug-likeness (QED) is 0.571. The third kappa shape index (κ3) is 3.91. The second kappa shape index (κ2) is 8.08. The van der Waals surface area contributed by atoms with E-state index in [1.54, 1.807) is 10.6 Å². The van der Waals surface area contributed by atoms with Crippen molar-refractivity contribution in [3.63, 3.8) is 0 Å². The van der Waals surface area contributed by atoms with Gasteiger partial charge in [0, 0.05) is 38.5 Å². The lowest BCUT2D eigenvalue weighted by Crippen LogP contribution is -2.36.